The summed E-state index contributed by atoms with van der Waals surface area (Å²) in [4.78, 5) is 21.4. The molecule has 8 heteroatoms. The number of hydrogen-bond acceptors (Lipinski definition) is 3. The fourth-order valence-electron chi connectivity index (χ4n) is 3.27. The summed E-state index contributed by atoms with van der Waals surface area (Å²) in [5.74, 6) is -0.362. The molecule has 158 valence electrons. The summed E-state index contributed by atoms with van der Waals surface area (Å²) in [6.07, 6.45) is 0. The Hall–Kier alpha value is -1.66. The van der Waals surface area contributed by atoms with Crippen LogP contribution in [0.3, 0.4) is 0 Å². The number of rotatable bonds is 6. The molecule has 1 aliphatic rings. The van der Waals surface area contributed by atoms with Crippen LogP contribution in [0.5, 0.6) is 0 Å². The van der Waals surface area contributed by atoms with Crippen molar-refractivity contribution in [2.24, 2.45) is 4.99 Å². The summed E-state index contributed by atoms with van der Waals surface area (Å²) in [7, 11) is 0. The van der Waals surface area contributed by atoms with Gasteiger partial charge in [0, 0.05) is 29.2 Å². The molecule has 4 nitrogen and oxygen atoms in total. The first-order valence-electron chi connectivity index (χ1n) is 9.16. The third-order valence-corrected chi connectivity index (χ3v) is 5.07. The average molecular weight is 461 g/mol. The second kappa shape index (κ2) is 11.5. The van der Waals surface area contributed by atoms with Crippen molar-refractivity contribution in [3.05, 3.63) is 64.4 Å². The van der Waals surface area contributed by atoms with Gasteiger partial charge >= 0.3 is 0 Å². The lowest BCUT2D eigenvalue weighted by atomic mass is 10.00. The highest BCUT2D eigenvalue weighted by Gasteiger charge is 2.25. The highest BCUT2D eigenvalue weighted by Crippen LogP contribution is 2.29. The van der Waals surface area contributed by atoms with Gasteiger partial charge in [0.2, 0.25) is 5.91 Å². The largest absolute Gasteiger partial charge is 0.309 e. The Kier molecular flexibility index (Phi) is 10.1. The average Bonchev–Trinajstić information content (AvgIpc) is 2.80. The van der Waals surface area contributed by atoms with E-state index in [1.807, 2.05) is 12.1 Å². The first-order chi connectivity index (χ1) is 13.0. The van der Waals surface area contributed by atoms with Gasteiger partial charge in [-0.05, 0) is 55.6 Å². The Morgan fingerprint density at radius 3 is 2.38 bits per heavy atom. The second-order valence-electron chi connectivity index (χ2n) is 6.41. The summed E-state index contributed by atoms with van der Waals surface area (Å²) in [6, 6.07) is 11.6. The van der Waals surface area contributed by atoms with E-state index in [9.17, 15) is 9.18 Å². The predicted octanol–water partition coefficient (Wildman–Crippen LogP) is 4.85. The van der Waals surface area contributed by atoms with Gasteiger partial charge in [-0.3, -0.25) is 9.79 Å². The van der Waals surface area contributed by atoms with E-state index in [4.69, 9.17) is 11.6 Å². The van der Waals surface area contributed by atoms with Crippen molar-refractivity contribution in [3.63, 3.8) is 0 Å². The zero-order valence-electron chi connectivity index (χ0n) is 16.4. The Labute approximate surface area is 188 Å². The lowest BCUT2D eigenvalue weighted by Gasteiger charge is -2.26. The quantitative estimate of drug-likeness (QED) is 0.618. The molecule has 2 aromatic carbocycles. The second-order valence-corrected chi connectivity index (χ2v) is 6.84. The van der Waals surface area contributed by atoms with E-state index < -0.39 is 0 Å². The van der Waals surface area contributed by atoms with E-state index in [-0.39, 0.29) is 43.1 Å². The molecular formula is C21H25Cl3FN3O. The van der Waals surface area contributed by atoms with Gasteiger partial charge in [-0.2, -0.15) is 0 Å². The maximum Gasteiger partial charge on any atom is 0.248 e. The van der Waals surface area contributed by atoms with Gasteiger partial charge in [-0.15, -0.1) is 24.8 Å². The molecule has 0 aromatic heterocycles. The highest BCUT2D eigenvalue weighted by atomic mass is 35.5. The topological polar surface area (TPSA) is 35.9 Å². The number of halogens is 4. The van der Waals surface area contributed by atoms with E-state index in [2.05, 4.69) is 23.7 Å². The van der Waals surface area contributed by atoms with Gasteiger partial charge in [0.1, 0.15) is 12.4 Å². The molecule has 0 radical (unpaired) electrons. The van der Waals surface area contributed by atoms with Crippen molar-refractivity contribution in [2.45, 2.75) is 13.8 Å². The highest BCUT2D eigenvalue weighted by molar-refractivity contribution is 6.32. The van der Waals surface area contributed by atoms with Gasteiger partial charge in [-0.1, -0.05) is 25.4 Å². The summed E-state index contributed by atoms with van der Waals surface area (Å²) in [5, 5.41) is 0.571. The van der Waals surface area contributed by atoms with Crippen LogP contribution in [0.4, 0.5) is 10.1 Å². The molecule has 0 N–H and O–H groups in total. The zero-order chi connectivity index (χ0) is 19.4. The predicted molar refractivity (Wildman–Crippen MR) is 123 cm³/mol. The number of amides is 1. The Balaban J connectivity index is 0.00000210. The summed E-state index contributed by atoms with van der Waals surface area (Å²) >= 11 is 6.24. The van der Waals surface area contributed by atoms with Crippen LogP contribution in [0.25, 0.3) is 0 Å². The van der Waals surface area contributed by atoms with Crippen LogP contribution in [0, 0.1) is 5.82 Å². The molecule has 0 fully saturated rings. The minimum Gasteiger partial charge on any atom is -0.309 e. The molecule has 0 aliphatic carbocycles. The monoisotopic (exact) mass is 459 g/mol. The van der Waals surface area contributed by atoms with Gasteiger partial charge in [0.15, 0.2) is 0 Å². The van der Waals surface area contributed by atoms with E-state index >= 15 is 0 Å². The fourth-order valence-corrected chi connectivity index (χ4v) is 3.44. The SMILES string of the molecule is CCN(CC)CCN1C(=O)CN=C(c2ccc(F)cc2)c2cc(Cl)ccc21.Cl.Cl. The number of benzene rings is 2. The van der Waals surface area contributed by atoms with Crippen LogP contribution >= 0.6 is 36.4 Å². The van der Waals surface area contributed by atoms with Crippen LogP contribution in [0.2, 0.25) is 5.02 Å². The van der Waals surface area contributed by atoms with E-state index in [0.29, 0.717) is 17.3 Å². The van der Waals surface area contributed by atoms with Gasteiger partial charge < -0.3 is 9.80 Å². The van der Waals surface area contributed by atoms with Gasteiger partial charge in [0.05, 0.1) is 11.4 Å². The normalized spacial score (nSPS) is 13.2. The minimum absolute atomic E-state index is 0. The molecule has 0 saturated heterocycles. The molecule has 0 bridgehead atoms. The van der Waals surface area contributed by atoms with Crippen LogP contribution in [-0.4, -0.2) is 49.2 Å². The fraction of sp³-hybridized carbons (Fsp3) is 0.333. The standard InChI is InChI=1S/C21H23ClFN3O.2ClH/c1-3-25(4-2)11-12-26-19-10-7-16(22)13-18(19)21(24-14-20(26)27)15-5-8-17(23)9-6-15;;/h5-10,13H,3-4,11-12,14H2,1-2H3;2*1H. The molecule has 0 saturated carbocycles. The Morgan fingerprint density at radius 1 is 1.10 bits per heavy atom. The number of nitrogens with zero attached hydrogens (tertiary/aromatic N) is 3. The number of benzodiazepines with no additional fused rings is 1. The maximum atomic E-state index is 13.3. The van der Waals surface area contributed by atoms with Crippen molar-refractivity contribution >= 4 is 53.7 Å². The third kappa shape index (κ3) is 5.92. The molecule has 1 aliphatic heterocycles. The first-order valence-corrected chi connectivity index (χ1v) is 9.54. The molecule has 1 heterocycles. The Morgan fingerprint density at radius 2 is 1.76 bits per heavy atom. The maximum absolute atomic E-state index is 13.3. The zero-order valence-corrected chi connectivity index (χ0v) is 18.8. The minimum atomic E-state index is -0.309. The number of anilines is 1. The smallest absolute Gasteiger partial charge is 0.248 e. The molecular weight excluding hydrogens is 436 g/mol. The molecule has 0 spiro atoms. The van der Waals surface area contributed by atoms with E-state index in [1.54, 1.807) is 23.1 Å². The van der Waals surface area contributed by atoms with E-state index in [1.165, 1.54) is 12.1 Å². The van der Waals surface area contributed by atoms with Gasteiger partial charge in [-0.25, -0.2) is 4.39 Å². The summed E-state index contributed by atoms with van der Waals surface area (Å²) in [6.45, 7) is 7.51. The molecule has 0 atom stereocenters. The number of fused-ring (bicyclic) bond motifs is 1. The molecule has 3 rings (SSSR count). The van der Waals surface area contributed by atoms with Crippen LogP contribution in [0.15, 0.2) is 47.5 Å². The van der Waals surface area contributed by atoms with Crippen molar-refractivity contribution in [1.29, 1.82) is 0 Å². The van der Waals surface area contributed by atoms with Crippen LogP contribution in [-0.2, 0) is 4.79 Å². The summed E-state index contributed by atoms with van der Waals surface area (Å²) < 4.78 is 13.3. The van der Waals surface area contributed by atoms with Crippen molar-refractivity contribution in [2.75, 3.05) is 37.6 Å². The molecule has 29 heavy (non-hydrogen) atoms. The number of carbonyl (C=O) groups excluding carboxylic acids is 1. The van der Waals surface area contributed by atoms with E-state index in [0.717, 1.165) is 36.4 Å². The first kappa shape index (κ1) is 25.4. The third-order valence-electron chi connectivity index (χ3n) is 4.83. The lowest BCUT2D eigenvalue weighted by Crippen LogP contribution is -2.39. The number of carbonyl (C=O) groups is 1. The lowest BCUT2D eigenvalue weighted by molar-refractivity contribution is -0.117. The number of aliphatic imine (C=N–C) groups is 1. The molecule has 0 unspecified atom stereocenters. The van der Waals surface area contributed by atoms with Crippen molar-refractivity contribution in [3.8, 4) is 0 Å². The van der Waals surface area contributed by atoms with Gasteiger partial charge in [0.25, 0.3) is 0 Å². The Bertz CT molecular complexity index is 855. The molecule has 1 amide bonds. The summed E-state index contributed by atoms with van der Waals surface area (Å²) in [5.41, 5.74) is 3.00. The van der Waals surface area contributed by atoms with Crippen LogP contribution < -0.4 is 4.90 Å². The van der Waals surface area contributed by atoms with Crippen molar-refractivity contribution in [1.82, 2.24) is 4.90 Å². The van der Waals surface area contributed by atoms with Crippen LogP contribution in [0.1, 0.15) is 25.0 Å². The number of likely N-dealkylation sites (N-methyl/N-ethyl adjacent to an activating group) is 1. The van der Waals surface area contributed by atoms with Crippen molar-refractivity contribution < 1.29 is 9.18 Å². The molecule has 2 aromatic rings. The number of hydrogen-bond donors (Lipinski definition) is 0.